The Morgan fingerprint density at radius 1 is 1.18 bits per heavy atom. The minimum atomic E-state index is -0.426. The summed E-state index contributed by atoms with van der Waals surface area (Å²) in [6.07, 6.45) is 5.65. The molecule has 1 saturated heterocycles. The van der Waals surface area contributed by atoms with Gasteiger partial charge in [0, 0.05) is 18.2 Å². The zero-order valence-corrected chi connectivity index (χ0v) is 12.7. The largest absolute Gasteiger partial charge is 0.368 e. The molecule has 1 heterocycles. The van der Waals surface area contributed by atoms with Crippen molar-refractivity contribution in [1.29, 1.82) is 0 Å². The fourth-order valence-electron chi connectivity index (χ4n) is 4.09. The first-order valence-electron chi connectivity index (χ1n) is 8.00. The average molecular weight is 301 g/mol. The number of benzene rings is 1. The van der Waals surface area contributed by atoms with Crippen LogP contribution in [0.4, 0.5) is 0 Å². The molecule has 5 heteroatoms. The molecule has 2 amide bonds. The number of rotatable bonds is 4. The monoisotopic (exact) mass is 301 g/mol. The third-order valence-electron chi connectivity index (χ3n) is 5.13. The van der Waals surface area contributed by atoms with Gasteiger partial charge in [-0.3, -0.25) is 14.5 Å². The van der Waals surface area contributed by atoms with Gasteiger partial charge in [-0.1, -0.05) is 25.0 Å². The Balaban J connectivity index is 1.83. The van der Waals surface area contributed by atoms with E-state index in [-0.39, 0.29) is 11.9 Å². The van der Waals surface area contributed by atoms with Gasteiger partial charge < -0.3 is 11.5 Å². The van der Waals surface area contributed by atoms with Gasteiger partial charge in [0.2, 0.25) is 11.8 Å². The average Bonchev–Trinajstić information content (AvgIpc) is 2.87. The summed E-state index contributed by atoms with van der Waals surface area (Å²) in [6.45, 7) is 0.649. The second-order valence-electron chi connectivity index (χ2n) is 6.50. The number of hydrogen-bond donors (Lipinski definition) is 2. The maximum absolute atomic E-state index is 11.8. The van der Waals surface area contributed by atoms with Gasteiger partial charge in [-0.2, -0.15) is 0 Å². The van der Waals surface area contributed by atoms with Gasteiger partial charge in [0.15, 0.2) is 0 Å². The molecule has 118 valence electrons. The van der Waals surface area contributed by atoms with E-state index in [1.807, 2.05) is 18.2 Å². The van der Waals surface area contributed by atoms with Crippen LogP contribution in [-0.4, -0.2) is 28.8 Å². The quantitative estimate of drug-likeness (QED) is 0.881. The SMILES string of the molecule is NC(=O)c1cccc(CN2[C@H](C(N)=O)C[C@H]3CCCC[C@@H]32)c1. The molecule has 1 aromatic rings. The third-order valence-corrected chi connectivity index (χ3v) is 5.13. The summed E-state index contributed by atoms with van der Waals surface area (Å²) < 4.78 is 0. The van der Waals surface area contributed by atoms with Gasteiger partial charge in [0.25, 0.3) is 0 Å². The van der Waals surface area contributed by atoms with Gasteiger partial charge in [0.1, 0.15) is 0 Å². The molecule has 2 aliphatic rings. The molecule has 1 aliphatic carbocycles. The fourth-order valence-corrected chi connectivity index (χ4v) is 4.09. The van der Waals surface area contributed by atoms with Gasteiger partial charge in [-0.15, -0.1) is 0 Å². The van der Waals surface area contributed by atoms with Crippen molar-refractivity contribution in [1.82, 2.24) is 4.90 Å². The van der Waals surface area contributed by atoms with Crippen LogP contribution in [0.3, 0.4) is 0 Å². The molecule has 0 unspecified atom stereocenters. The molecule has 3 rings (SSSR count). The Hall–Kier alpha value is -1.88. The van der Waals surface area contributed by atoms with Crippen molar-refractivity contribution in [3.05, 3.63) is 35.4 Å². The predicted octanol–water partition coefficient (Wildman–Crippen LogP) is 1.40. The predicted molar refractivity (Wildman–Crippen MR) is 83.8 cm³/mol. The Bertz CT molecular complexity index is 587. The standard InChI is InChI=1S/C17H23N3O2/c18-16(21)13-6-3-4-11(8-13)10-20-14-7-2-1-5-12(14)9-15(20)17(19)22/h3-4,6,8,12,14-15H,1-2,5,7,9-10H2,(H2,18,21)(H2,19,22)/t12-,14+,15+/m1/s1. The van der Waals surface area contributed by atoms with E-state index < -0.39 is 5.91 Å². The molecule has 0 spiro atoms. The fraction of sp³-hybridized carbons (Fsp3) is 0.529. The number of nitrogens with two attached hydrogens (primary N) is 2. The lowest BCUT2D eigenvalue weighted by molar-refractivity contribution is -0.122. The third kappa shape index (κ3) is 2.86. The first kappa shape index (κ1) is 15.0. The van der Waals surface area contributed by atoms with E-state index in [9.17, 15) is 9.59 Å². The molecule has 5 nitrogen and oxygen atoms in total. The highest BCUT2D eigenvalue weighted by molar-refractivity contribution is 5.92. The molecule has 1 saturated carbocycles. The topological polar surface area (TPSA) is 89.4 Å². The number of hydrogen-bond acceptors (Lipinski definition) is 3. The zero-order valence-electron chi connectivity index (χ0n) is 12.7. The number of carbonyl (C=O) groups is 2. The maximum Gasteiger partial charge on any atom is 0.248 e. The van der Waals surface area contributed by atoms with Crippen LogP contribution in [0.15, 0.2) is 24.3 Å². The van der Waals surface area contributed by atoms with Crippen molar-refractivity contribution >= 4 is 11.8 Å². The molecule has 2 fully saturated rings. The summed E-state index contributed by atoms with van der Waals surface area (Å²) in [5.41, 5.74) is 12.5. The van der Waals surface area contributed by atoms with Gasteiger partial charge >= 0.3 is 0 Å². The number of amides is 2. The van der Waals surface area contributed by atoms with Crippen LogP contribution < -0.4 is 11.5 Å². The summed E-state index contributed by atoms with van der Waals surface area (Å²) >= 11 is 0. The Morgan fingerprint density at radius 2 is 1.95 bits per heavy atom. The summed E-state index contributed by atoms with van der Waals surface area (Å²) in [7, 11) is 0. The van der Waals surface area contributed by atoms with Gasteiger partial charge in [-0.25, -0.2) is 0 Å². The highest BCUT2D eigenvalue weighted by Crippen LogP contribution is 2.40. The summed E-state index contributed by atoms with van der Waals surface area (Å²) in [6, 6.07) is 7.58. The minimum Gasteiger partial charge on any atom is -0.368 e. The van der Waals surface area contributed by atoms with Crippen molar-refractivity contribution in [3.63, 3.8) is 0 Å². The summed E-state index contributed by atoms with van der Waals surface area (Å²) in [5, 5.41) is 0. The number of primary amides is 2. The second kappa shape index (κ2) is 6.08. The minimum absolute atomic E-state index is 0.190. The van der Waals surface area contributed by atoms with Crippen LogP contribution in [0.5, 0.6) is 0 Å². The van der Waals surface area contributed by atoms with E-state index in [0.717, 1.165) is 18.4 Å². The highest BCUT2D eigenvalue weighted by Gasteiger charge is 2.44. The van der Waals surface area contributed by atoms with E-state index in [2.05, 4.69) is 4.90 Å². The molecule has 0 aromatic heterocycles. The Morgan fingerprint density at radius 3 is 2.68 bits per heavy atom. The van der Waals surface area contributed by atoms with Crippen LogP contribution in [0, 0.1) is 5.92 Å². The molecule has 3 atom stereocenters. The van der Waals surface area contributed by atoms with Crippen LogP contribution >= 0.6 is 0 Å². The van der Waals surface area contributed by atoms with Crippen molar-refractivity contribution < 1.29 is 9.59 Å². The molecule has 0 radical (unpaired) electrons. The van der Waals surface area contributed by atoms with Crippen LogP contribution in [0.1, 0.15) is 48.0 Å². The molecule has 1 aromatic carbocycles. The van der Waals surface area contributed by atoms with Crippen molar-refractivity contribution in [2.24, 2.45) is 17.4 Å². The molecular formula is C17H23N3O2. The highest BCUT2D eigenvalue weighted by atomic mass is 16.1. The second-order valence-corrected chi connectivity index (χ2v) is 6.50. The molecule has 0 bridgehead atoms. The number of nitrogens with zero attached hydrogens (tertiary/aromatic N) is 1. The lowest BCUT2D eigenvalue weighted by atomic mass is 9.84. The van der Waals surface area contributed by atoms with E-state index in [0.29, 0.717) is 24.1 Å². The van der Waals surface area contributed by atoms with Gasteiger partial charge in [0.05, 0.1) is 6.04 Å². The van der Waals surface area contributed by atoms with E-state index >= 15 is 0 Å². The number of likely N-dealkylation sites (tertiary alicyclic amines) is 1. The summed E-state index contributed by atoms with van der Waals surface area (Å²) in [5.74, 6) is -0.0868. The summed E-state index contributed by atoms with van der Waals surface area (Å²) in [4.78, 5) is 25.4. The van der Waals surface area contributed by atoms with Crippen molar-refractivity contribution in [3.8, 4) is 0 Å². The smallest absolute Gasteiger partial charge is 0.248 e. The van der Waals surface area contributed by atoms with Gasteiger partial charge in [-0.05, 0) is 42.9 Å². The van der Waals surface area contributed by atoms with Crippen molar-refractivity contribution in [2.45, 2.75) is 50.7 Å². The van der Waals surface area contributed by atoms with Crippen molar-refractivity contribution in [2.75, 3.05) is 0 Å². The maximum atomic E-state index is 11.8. The molecular weight excluding hydrogens is 278 g/mol. The lowest BCUT2D eigenvalue weighted by Crippen LogP contribution is -2.44. The Kier molecular flexibility index (Phi) is 4.16. The normalized spacial score (nSPS) is 28.3. The molecule has 1 aliphatic heterocycles. The van der Waals surface area contributed by atoms with E-state index in [4.69, 9.17) is 11.5 Å². The molecule has 4 N–H and O–H groups in total. The first-order valence-corrected chi connectivity index (χ1v) is 8.00. The number of carbonyl (C=O) groups excluding carboxylic acids is 2. The van der Waals surface area contributed by atoms with E-state index in [1.165, 1.54) is 19.3 Å². The van der Waals surface area contributed by atoms with E-state index in [1.54, 1.807) is 6.07 Å². The van der Waals surface area contributed by atoms with Crippen LogP contribution in [-0.2, 0) is 11.3 Å². The Labute approximate surface area is 130 Å². The van der Waals surface area contributed by atoms with Crippen LogP contribution in [0.25, 0.3) is 0 Å². The van der Waals surface area contributed by atoms with Crippen LogP contribution in [0.2, 0.25) is 0 Å². The zero-order chi connectivity index (χ0) is 15.7. The number of fused-ring (bicyclic) bond motifs is 1. The molecule has 22 heavy (non-hydrogen) atoms. The lowest BCUT2D eigenvalue weighted by Gasteiger charge is -2.33. The first-order chi connectivity index (χ1) is 10.6.